The first-order valence-corrected chi connectivity index (χ1v) is 7.85. The highest BCUT2D eigenvalue weighted by atomic mass is 32.2. The van der Waals surface area contributed by atoms with E-state index in [0.29, 0.717) is 6.54 Å². The molecule has 0 bridgehead atoms. The van der Waals surface area contributed by atoms with Crippen molar-refractivity contribution in [3.63, 3.8) is 0 Å². The average molecular weight is 305 g/mol. The number of nitrogen functional groups attached to an aromatic ring is 1. The number of nitrogens with two attached hydrogens (primary N) is 1. The lowest BCUT2D eigenvalue weighted by molar-refractivity contribution is 0.344. The Hall–Kier alpha value is -1.25. The van der Waals surface area contributed by atoms with E-state index in [0.717, 1.165) is 38.1 Å². The molecule has 5 nitrogen and oxygen atoms in total. The molecule has 2 rings (SSSR count). The second kappa shape index (κ2) is 6.02. The molecule has 0 atom stereocenters. The van der Waals surface area contributed by atoms with Gasteiger partial charge >= 0.3 is 0 Å². The summed E-state index contributed by atoms with van der Waals surface area (Å²) in [5, 5.41) is 0. The lowest BCUT2D eigenvalue weighted by atomic mass is 10.3. The van der Waals surface area contributed by atoms with Crippen molar-refractivity contribution in [1.82, 2.24) is 9.62 Å². The standard InChI is InChI=1S/C12H17F2N3O2S/c13-10-7-9(15)8-11(14)12(10)20(18,19)16-3-6-17-4-1-2-5-17/h7-8,16H,1-6,15H2. The summed E-state index contributed by atoms with van der Waals surface area (Å²) in [4.78, 5) is 1.12. The quantitative estimate of drug-likeness (QED) is 0.793. The van der Waals surface area contributed by atoms with Crippen molar-refractivity contribution >= 4 is 15.7 Å². The molecular weight excluding hydrogens is 288 g/mol. The topological polar surface area (TPSA) is 75.4 Å². The van der Waals surface area contributed by atoms with Crippen LogP contribution < -0.4 is 10.5 Å². The van der Waals surface area contributed by atoms with Gasteiger partial charge in [0.15, 0.2) is 4.90 Å². The number of nitrogens with one attached hydrogen (secondary N) is 1. The van der Waals surface area contributed by atoms with Crippen molar-refractivity contribution in [2.75, 3.05) is 31.9 Å². The summed E-state index contributed by atoms with van der Waals surface area (Å²) < 4.78 is 53.2. The van der Waals surface area contributed by atoms with Crippen LogP contribution in [0.25, 0.3) is 0 Å². The summed E-state index contributed by atoms with van der Waals surface area (Å²) in [7, 11) is -4.21. The van der Waals surface area contributed by atoms with Crippen LogP contribution in [0.5, 0.6) is 0 Å². The Morgan fingerprint density at radius 1 is 1.20 bits per heavy atom. The zero-order chi connectivity index (χ0) is 14.8. The number of anilines is 1. The molecule has 1 aliphatic rings. The van der Waals surface area contributed by atoms with Gasteiger partial charge < -0.3 is 10.6 Å². The largest absolute Gasteiger partial charge is 0.399 e. The summed E-state index contributed by atoms with van der Waals surface area (Å²) in [6.07, 6.45) is 2.18. The van der Waals surface area contributed by atoms with E-state index in [1.165, 1.54) is 0 Å². The number of sulfonamides is 1. The SMILES string of the molecule is Nc1cc(F)c(S(=O)(=O)NCCN2CCCC2)c(F)c1. The van der Waals surface area contributed by atoms with Crippen molar-refractivity contribution in [1.29, 1.82) is 0 Å². The molecule has 0 aliphatic carbocycles. The first kappa shape index (κ1) is 15.1. The molecule has 3 N–H and O–H groups in total. The molecule has 0 aromatic heterocycles. The van der Waals surface area contributed by atoms with Crippen LogP contribution in [0.2, 0.25) is 0 Å². The lowest BCUT2D eigenvalue weighted by Crippen LogP contribution is -2.34. The molecule has 0 spiro atoms. The van der Waals surface area contributed by atoms with E-state index >= 15 is 0 Å². The van der Waals surface area contributed by atoms with Crippen LogP contribution in [0.4, 0.5) is 14.5 Å². The van der Waals surface area contributed by atoms with Gasteiger partial charge in [0.05, 0.1) is 0 Å². The Labute approximate surface area is 116 Å². The number of benzene rings is 1. The predicted octanol–water partition coefficient (Wildman–Crippen LogP) is 0.921. The van der Waals surface area contributed by atoms with Gasteiger partial charge in [0, 0.05) is 18.8 Å². The van der Waals surface area contributed by atoms with Gasteiger partial charge in [0.1, 0.15) is 11.6 Å². The molecule has 20 heavy (non-hydrogen) atoms. The molecule has 0 unspecified atom stereocenters. The monoisotopic (exact) mass is 305 g/mol. The third kappa shape index (κ3) is 3.44. The van der Waals surface area contributed by atoms with Crippen molar-refractivity contribution in [2.24, 2.45) is 0 Å². The fraction of sp³-hybridized carbons (Fsp3) is 0.500. The summed E-state index contributed by atoms with van der Waals surface area (Å²) in [5.41, 5.74) is 5.10. The molecule has 0 amide bonds. The minimum Gasteiger partial charge on any atom is -0.399 e. The molecular formula is C12H17F2N3O2S. The van der Waals surface area contributed by atoms with Crippen LogP contribution in [0.3, 0.4) is 0 Å². The smallest absolute Gasteiger partial charge is 0.246 e. The molecule has 1 aromatic rings. The van der Waals surface area contributed by atoms with Crippen LogP contribution in [0.15, 0.2) is 17.0 Å². The number of hydrogen-bond acceptors (Lipinski definition) is 4. The molecule has 112 valence electrons. The molecule has 1 fully saturated rings. The maximum Gasteiger partial charge on any atom is 0.246 e. The van der Waals surface area contributed by atoms with E-state index in [1.807, 2.05) is 0 Å². The van der Waals surface area contributed by atoms with Gasteiger partial charge in [0.2, 0.25) is 10.0 Å². The highest BCUT2D eigenvalue weighted by Gasteiger charge is 2.24. The molecule has 1 heterocycles. The number of rotatable bonds is 5. The van der Waals surface area contributed by atoms with E-state index in [-0.39, 0.29) is 12.2 Å². The maximum absolute atomic E-state index is 13.6. The third-order valence-electron chi connectivity index (χ3n) is 3.21. The average Bonchev–Trinajstić information content (AvgIpc) is 2.79. The first-order valence-electron chi connectivity index (χ1n) is 6.37. The minimum atomic E-state index is -4.21. The summed E-state index contributed by atoms with van der Waals surface area (Å²) in [5.74, 6) is -2.37. The lowest BCUT2D eigenvalue weighted by Gasteiger charge is -2.15. The van der Waals surface area contributed by atoms with Gasteiger partial charge in [-0.1, -0.05) is 0 Å². The van der Waals surface area contributed by atoms with Crippen molar-refractivity contribution in [2.45, 2.75) is 17.7 Å². The number of halogens is 2. The number of likely N-dealkylation sites (tertiary alicyclic amines) is 1. The van der Waals surface area contributed by atoms with Crippen LogP contribution in [0, 0.1) is 11.6 Å². The molecule has 0 radical (unpaired) electrons. The highest BCUT2D eigenvalue weighted by molar-refractivity contribution is 7.89. The fourth-order valence-corrected chi connectivity index (χ4v) is 3.39. The van der Waals surface area contributed by atoms with Crippen LogP contribution >= 0.6 is 0 Å². The summed E-state index contributed by atoms with van der Waals surface area (Å²) in [6.45, 7) is 2.49. The zero-order valence-electron chi connectivity index (χ0n) is 10.9. The van der Waals surface area contributed by atoms with Crippen LogP contribution in [-0.4, -0.2) is 39.5 Å². The van der Waals surface area contributed by atoms with E-state index in [2.05, 4.69) is 9.62 Å². The predicted molar refractivity (Wildman–Crippen MR) is 71.6 cm³/mol. The second-order valence-corrected chi connectivity index (χ2v) is 6.46. The van der Waals surface area contributed by atoms with Crippen molar-refractivity contribution in [3.8, 4) is 0 Å². The zero-order valence-corrected chi connectivity index (χ0v) is 11.7. The van der Waals surface area contributed by atoms with Crippen LogP contribution in [-0.2, 0) is 10.0 Å². The minimum absolute atomic E-state index is 0.117. The number of nitrogens with zero attached hydrogens (tertiary/aromatic N) is 1. The molecule has 1 saturated heterocycles. The Balaban J connectivity index is 2.06. The molecule has 1 aromatic carbocycles. The highest BCUT2D eigenvalue weighted by Crippen LogP contribution is 2.21. The third-order valence-corrected chi connectivity index (χ3v) is 4.72. The fourth-order valence-electron chi connectivity index (χ4n) is 2.25. The normalized spacial score (nSPS) is 16.7. The van der Waals surface area contributed by atoms with E-state index in [9.17, 15) is 17.2 Å². The van der Waals surface area contributed by atoms with E-state index in [4.69, 9.17) is 5.73 Å². The van der Waals surface area contributed by atoms with Gasteiger partial charge in [-0.2, -0.15) is 0 Å². The van der Waals surface area contributed by atoms with Gasteiger partial charge in [-0.15, -0.1) is 0 Å². The first-order chi connectivity index (χ1) is 9.40. The Bertz CT molecular complexity index is 563. The molecule has 1 aliphatic heterocycles. The number of hydrogen-bond donors (Lipinski definition) is 2. The summed E-state index contributed by atoms with van der Waals surface area (Å²) in [6, 6.07) is 1.58. The van der Waals surface area contributed by atoms with Gasteiger partial charge in [0.25, 0.3) is 0 Å². The molecule has 0 saturated carbocycles. The second-order valence-electron chi connectivity index (χ2n) is 4.76. The summed E-state index contributed by atoms with van der Waals surface area (Å²) >= 11 is 0. The van der Waals surface area contributed by atoms with Crippen LogP contribution in [0.1, 0.15) is 12.8 Å². The Morgan fingerprint density at radius 2 is 1.75 bits per heavy atom. The van der Waals surface area contributed by atoms with Gasteiger partial charge in [-0.05, 0) is 38.1 Å². The van der Waals surface area contributed by atoms with Gasteiger partial charge in [-0.25, -0.2) is 21.9 Å². The van der Waals surface area contributed by atoms with Crippen molar-refractivity contribution < 1.29 is 17.2 Å². The van der Waals surface area contributed by atoms with E-state index in [1.54, 1.807) is 0 Å². The maximum atomic E-state index is 13.6. The van der Waals surface area contributed by atoms with Gasteiger partial charge in [-0.3, -0.25) is 0 Å². The Morgan fingerprint density at radius 3 is 2.30 bits per heavy atom. The molecule has 8 heteroatoms. The van der Waals surface area contributed by atoms with Crippen molar-refractivity contribution in [3.05, 3.63) is 23.8 Å². The Kier molecular flexibility index (Phi) is 4.56. The van der Waals surface area contributed by atoms with E-state index < -0.39 is 26.6 Å².